The summed E-state index contributed by atoms with van der Waals surface area (Å²) in [5.41, 5.74) is 0.493. The van der Waals surface area contributed by atoms with Crippen LogP contribution in [0.5, 0.6) is 0 Å². The van der Waals surface area contributed by atoms with Crippen molar-refractivity contribution in [2.24, 2.45) is 5.92 Å². The predicted molar refractivity (Wildman–Crippen MR) is 86.2 cm³/mol. The van der Waals surface area contributed by atoms with Crippen LogP contribution in [0.4, 0.5) is 4.39 Å². The Labute approximate surface area is 144 Å². The lowest BCUT2D eigenvalue weighted by atomic mass is 10.1. The van der Waals surface area contributed by atoms with Crippen LogP contribution in [0.15, 0.2) is 12.1 Å². The van der Waals surface area contributed by atoms with Crippen LogP contribution in [0.3, 0.4) is 0 Å². The van der Waals surface area contributed by atoms with E-state index >= 15 is 0 Å². The molecule has 1 aromatic heterocycles. The van der Waals surface area contributed by atoms with Crippen molar-refractivity contribution in [3.05, 3.63) is 23.5 Å². The minimum atomic E-state index is -1.15. The van der Waals surface area contributed by atoms with Gasteiger partial charge in [-0.15, -0.1) is 0 Å². The molecule has 25 heavy (non-hydrogen) atoms. The average Bonchev–Trinajstić information content (AvgIpc) is 3.31. The van der Waals surface area contributed by atoms with Crippen molar-refractivity contribution in [2.75, 3.05) is 13.1 Å². The SMILES string of the molecule is N#Cc1ccc(C(=O)N2C[C@@H](F)C[C@H]2CNC(=O)C2CCCC2O)[nH]1. The summed E-state index contributed by atoms with van der Waals surface area (Å²) < 4.78 is 13.8. The molecule has 1 saturated carbocycles. The van der Waals surface area contributed by atoms with Gasteiger partial charge in [0.2, 0.25) is 5.91 Å². The summed E-state index contributed by atoms with van der Waals surface area (Å²) in [5.74, 6) is -1.05. The lowest BCUT2D eigenvalue weighted by Crippen LogP contribution is -2.45. The number of amides is 2. The number of carbonyl (C=O) groups excluding carboxylic acids is 2. The maximum atomic E-state index is 13.8. The fraction of sp³-hybridized carbons (Fsp3) is 0.588. The number of hydrogen-bond donors (Lipinski definition) is 3. The molecule has 1 saturated heterocycles. The molecule has 134 valence electrons. The second-order valence-electron chi connectivity index (χ2n) is 6.69. The van der Waals surface area contributed by atoms with Gasteiger partial charge in [-0.25, -0.2) is 4.39 Å². The van der Waals surface area contributed by atoms with E-state index in [4.69, 9.17) is 5.26 Å². The van der Waals surface area contributed by atoms with E-state index in [-0.39, 0.29) is 42.7 Å². The van der Waals surface area contributed by atoms with Gasteiger partial charge >= 0.3 is 0 Å². The van der Waals surface area contributed by atoms with E-state index in [1.165, 1.54) is 17.0 Å². The second-order valence-corrected chi connectivity index (χ2v) is 6.69. The molecule has 4 atom stereocenters. The third-order valence-corrected chi connectivity index (χ3v) is 4.99. The van der Waals surface area contributed by atoms with Gasteiger partial charge in [-0.1, -0.05) is 0 Å². The van der Waals surface area contributed by atoms with Gasteiger partial charge < -0.3 is 20.3 Å². The first-order valence-corrected chi connectivity index (χ1v) is 8.49. The predicted octanol–water partition coefficient (Wildman–Crippen LogP) is 0.716. The first-order chi connectivity index (χ1) is 12.0. The Morgan fingerprint density at radius 3 is 2.88 bits per heavy atom. The van der Waals surface area contributed by atoms with Crippen LogP contribution in [0.1, 0.15) is 41.9 Å². The first kappa shape index (κ1) is 17.4. The van der Waals surface area contributed by atoms with Crippen molar-refractivity contribution in [3.8, 4) is 6.07 Å². The number of nitrogens with one attached hydrogen (secondary N) is 2. The quantitative estimate of drug-likeness (QED) is 0.745. The number of hydrogen-bond acceptors (Lipinski definition) is 4. The first-order valence-electron chi connectivity index (χ1n) is 8.49. The molecule has 7 nitrogen and oxygen atoms in total. The van der Waals surface area contributed by atoms with Gasteiger partial charge in [0.25, 0.3) is 5.91 Å². The van der Waals surface area contributed by atoms with Crippen LogP contribution in [0.2, 0.25) is 0 Å². The number of likely N-dealkylation sites (tertiary alicyclic amines) is 1. The number of aromatic nitrogens is 1. The number of nitriles is 1. The standard InChI is InChI=1S/C17H21FN4O3/c18-10-6-12(8-20-16(24)13-2-1-3-15(13)23)22(9-10)17(25)14-5-4-11(7-19)21-14/h4-5,10,12-13,15,21,23H,1-3,6,8-9H2,(H,20,24)/t10-,12-,13?,15?/m0/s1. The topological polar surface area (TPSA) is 109 Å². The van der Waals surface area contributed by atoms with Gasteiger partial charge in [-0.3, -0.25) is 9.59 Å². The lowest BCUT2D eigenvalue weighted by molar-refractivity contribution is -0.127. The molecule has 0 aromatic carbocycles. The number of aliphatic hydroxyl groups is 1. The molecule has 0 bridgehead atoms. The van der Waals surface area contributed by atoms with Gasteiger partial charge in [-0.2, -0.15) is 5.26 Å². The van der Waals surface area contributed by atoms with E-state index in [2.05, 4.69) is 10.3 Å². The minimum Gasteiger partial charge on any atom is -0.392 e. The maximum Gasteiger partial charge on any atom is 0.270 e. The molecule has 8 heteroatoms. The van der Waals surface area contributed by atoms with E-state index in [9.17, 15) is 19.1 Å². The smallest absolute Gasteiger partial charge is 0.270 e. The Morgan fingerprint density at radius 1 is 1.44 bits per heavy atom. The van der Waals surface area contributed by atoms with Crippen LogP contribution in [0, 0.1) is 17.2 Å². The molecule has 1 aromatic rings. The van der Waals surface area contributed by atoms with Crippen molar-refractivity contribution in [1.82, 2.24) is 15.2 Å². The van der Waals surface area contributed by atoms with E-state index in [0.29, 0.717) is 12.8 Å². The average molecular weight is 348 g/mol. The van der Waals surface area contributed by atoms with E-state index in [1.54, 1.807) is 0 Å². The van der Waals surface area contributed by atoms with Gasteiger partial charge in [0.15, 0.2) is 0 Å². The van der Waals surface area contributed by atoms with E-state index in [1.807, 2.05) is 6.07 Å². The molecule has 2 fully saturated rings. The van der Waals surface area contributed by atoms with Crippen molar-refractivity contribution in [2.45, 2.75) is 44.0 Å². The minimum absolute atomic E-state index is 0.0354. The number of aromatic amines is 1. The Bertz CT molecular complexity index is 698. The van der Waals surface area contributed by atoms with Crippen LogP contribution in [-0.4, -0.2) is 58.2 Å². The summed E-state index contributed by atoms with van der Waals surface area (Å²) in [4.78, 5) is 28.8. The van der Waals surface area contributed by atoms with Gasteiger partial charge in [0.05, 0.1) is 24.6 Å². The second kappa shape index (κ2) is 7.23. The fourth-order valence-corrected chi connectivity index (χ4v) is 3.64. The highest BCUT2D eigenvalue weighted by atomic mass is 19.1. The van der Waals surface area contributed by atoms with Crippen molar-refractivity contribution < 1.29 is 19.1 Å². The Balaban J connectivity index is 1.62. The van der Waals surface area contributed by atoms with Crippen LogP contribution < -0.4 is 5.32 Å². The molecular weight excluding hydrogens is 327 g/mol. The van der Waals surface area contributed by atoms with Crippen LogP contribution >= 0.6 is 0 Å². The third-order valence-electron chi connectivity index (χ3n) is 4.99. The zero-order valence-electron chi connectivity index (χ0n) is 13.7. The molecule has 2 unspecified atom stereocenters. The molecule has 2 amide bonds. The number of aliphatic hydroxyl groups excluding tert-OH is 1. The molecule has 3 rings (SSSR count). The summed E-state index contributed by atoms with van der Waals surface area (Å²) in [7, 11) is 0. The van der Waals surface area contributed by atoms with Gasteiger partial charge in [0.1, 0.15) is 23.6 Å². The van der Waals surface area contributed by atoms with E-state index in [0.717, 1.165) is 6.42 Å². The molecular formula is C17H21FN4O3. The molecule has 3 N–H and O–H groups in total. The zero-order chi connectivity index (χ0) is 18.0. The maximum absolute atomic E-state index is 13.8. The van der Waals surface area contributed by atoms with Crippen molar-refractivity contribution in [3.63, 3.8) is 0 Å². The third kappa shape index (κ3) is 3.66. The highest BCUT2D eigenvalue weighted by Crippen LogP contribution is 2.26. The number of H-pyrrole nitrogens is 1. The zero-order valence-corrected chi connectivity index (χ0v) is 13.7. The monoisotopic (exact) mass is 348 g/mol. The molecule has 0 radical (unpaired) electrons. The Morgan fingerprint density at radius 2 is 2.24 bits per heavy atom. The van der Waals surface area contributed by atoms with E-state index < -0.39 is 24.2 Å². The van der Waals surface area contributed by atoms with Crippen LogP contribution in [0.25, 0.3) is 0 Å². The largest absolute Gasteiger partial charge is 0.392 e. The van der Waals surface area contributed by atoms with Crippen molar-refractivity contribution in [1.29, 1.82) is 5.26 Å². The highest BCUT2D eigenvalue weighted by molar-refractivity contribution is 5.93. The highest BCUT2D eigenvalue weighted by Gasteiger charge is 2.37. The summed E-state index contributed by atoms with van der Waals surface area (Å²) in [6.07, 6.45) is 0.462. The summed E-state index contributed by atoms with van der Waals surface area (Å²) >= 11 is 0. The Kier molecular flexibility index (Phi) is 5.04. The Hall–Kier alpha value is -2.40. The van der Waals surface area contributed by atoms with Crippen LogP contribution in [-0.2, 0) is 4.79 Å². The molecule has 1 aliphatic heterocycles. The molecule has 2 heterocycles. The molecule has 1 aliphatic carbocycles. The molecule has 0 spiro atoms. The number of nitrogens with zero attached hydrogens (tertiary/aromatic N) is 2. The lowest BCUT2D eigenvalue weighted by Gasteiger charge is -2.25. The number of rotatable bonds is 4. The summed E-state index contributed by atoms with van der Waals surface area (Å²) in [6.45, 7) is 0.117. The number of halogens is 1. The van der Waals surface area contributed by atoms with Gasteiger partial charge in [0, 0.05) is 13.0 Å². The fourth-order valence-electron chi connectivity index (χ4n) is 3.64. The molecule has 2 aliphatic rings. The normalized spacial score (nSPS) is 28.8. The van der Waals surface area contributed by atoms with Crippen molar-refractivity contribution >= 4 is 11.8 Å². The summed E-state index contributed by atoms with van der Waals surface area (Å²) in [5, 5.41) is 21.4. The number of carbonyl (C=O) groups is 2. The number of alkyl halides is 1. The van der Waals surface area contributed by atoms with Gasteiger partial charge in [-0.05, 0) is 31.4 Å². The summed E-state index contributed by atoms with van der Waals surface area (Å²) in [6, 6.07) is 4.45.